The largest absolute Gasteiger partial charge is 0.504 e. The van der Waals surface area contributed by atoms with Crippen molar-refractivity contribution in [3.8, 4) is 5.75 Å². The third kappa shape index (κ3) is 4.25. The number of benzene rings is 1. The molecule has 0 spiro atoms. The molecule has 2 aromatic rings. The number of hydrogen-bond donors (Lipinski definition) is 3. The molecular formula is C18H24ClN3O6S. The van der Waals surface area contributed by atoms with Gasteiger partial charge in [-0.25, -0.2) is 8.42 Å². The first-order valence-corrected chi connectivity index (χ1v) is 10.5. The highest BCUT2D eigenvalue weighted by Crippen LogP contribution is 2.40. The zero-order valence-electron chi connectivity index (χ0n) is 17.0. The molecule has 0 aromatic heterocycles. The van der Waals surface area contributed by atoms with Gasteiger partial charge in [0.2, 0.25) is 0 Å². The molecule has 1 atom stereocenters. The molecular weight excluding hydrogens is 422 g/mol. The van der Waals surface area contributed by atoms with Crippen LogP contribution in [0.5, 0.6) is 5.75 Å². The Bertz CT molecular complexity index is 1100. The van der Waals surface area contributed by atoms with E-state index in [0.29, 0.717) is 4.47 Å². The number of phenolic OH excluding ortho intramolecular Hbond substituents is 1. The van der Waals surface area contributed by atoms with Crippen molar-refractivity contribution in [1.29, 1.82) is 0 Å². The van der Waals surface area contributed by atoms with Crippen LogP contribution in [0.25, 0.3) is 0 Å². The Morgan fingerprint density at radius 2 is 1.72 bits per heavy atom. The van der Waals surface area contributed by atoms with Crippen molar-refractivity contribution in [3.63, 3.8) is 0 Å². The van der Waals surface area contributed by atoms with Gasteiger partial charge in [-0.05, 0) is 24.5 Å². The number of hydroxylamine groups is 1. The fourth-order valence-electron chi connectivity index (χ4n) is 2.34. The van der Waals surface area contributed by atoms with E-state index >= 15 is 0 Å². The number of phenols is 1. The molecule has 0 radical (unpaired) electrons. The van der Waals surface area contributed by atoms with Gasteiger partial charge in [0, 0.05) is 13.1 Å². The highest BCUT2D eigenvalue weighted by atomic mass is 35.5. The highest BCUT2D eigenvalue weighted by molar-refractivity contribution is 7.89. The minimum absolute atomic E-state index is 0.0628. The number of aromatic hydroxyl groups is 1. The van der Waals surface area contributed by atoms with E-state index in [-0.39, 0.29) is 33.5 Å². The Kier molecular flexibility index (Phi) is 6.34. The molecule has 0 aliphatic carbocycles. The molecule has 0 heterocycles. The summed E-state index contributed by atoms with van der Waals surface area (Å²) >= 11 is 5.98. The first-order valence-electron chi connectivity index (χ1n) is 8.64. The van der Waals surface area contributed by atoms with Crippen molar-refractivity contribution in [2.24, 2.45) is 5.41 Å². The lowest BCUT2D eigenvalue weighted by Gasteiger charge is -2.30. The topological polar surface area (TPSA) is 125 Å². The van der Waals surface area contributed by atoms with Crippen LogP contribution < -0.4 is 21.5 Å². The zero-order valence-corrected chi connectivity index (χ0v) is 18.5. The molecule has 0 saturated heterocycles. The summed E-state index contributed by atoms with van der Waals surface area (Å²) in [6.07, 6.45) is 0. The Balaban J connectivity index is 2.48. The first kappa shape index (κ1) is 23.1. The second kappa shape index (κ2) is 7.94. The lowest BCUT2D eigenvalue weighted by Crippen LogP contribution is -2.41. The molecule has 2 aromatic carbocycles. The quantitative estimate of drug-likeness (QED) is 0.337. The maximum Gasteiger partial charge on any atom is 0.269 e. The van der Waals surface area contributed by atoms with E-state index in [1.807, 2.05) is 27.7 Å². The van der Waals surface area contributed by atoms with Crippen LogP contribution in [-0.2, 0) is 14.9 Å². The summed E-state index contributed by atoms with van der Waals surface area (Å²) in [6.45, 7) is 7.78. The standard InChI is InChI=1S/C18H24ClN3O6S/c1-9(18(2,3)4)20-12-13(16(25)15(12)24)21-11-8-7-10(19)17(14(11)23)29(26,27)22(5)28-6/h7-9,20-21,23H,1-6H3. The minimum atomic E-state index is -4.27. The Morgan fingerprint density at radius 1 is 1.17 bits per heavy atom. The van der Waals surface area contributed by atoms with Gasteiger partial charge in [0.25, 0.3) is 20.9 Å². The smallest absolute Gasteiger partial charge is 0.269 e. The summed E-state index contributed by atoms with van der Waals surface area (Å²) in [5.41, 5.74) is -1.75. The number of rotatable bonds is 7. The summed E-state index contributed by atoms with van der Waals surface area (Å²) in [5.74, 6) is -0.704. The third-order valence-corrected chi connectivity index (χ3v) is 6.95. The van der Waals surface area contributed by atoms with Crippen LogP contribution in [0.4, 0.5) is 17.1 Å². The van der Waals surface area contributed by atoms with Crippen LogP contribution in [0, 0.1) is 5.41 Å². The predicted molar refractivity (Wildman–Crippen MR) is 112 cm³/mol. The summed E-state index contributed by atoms with van der Waals surface area (Å²) in [5, 5.41) is 15.9. The maximum absolute atomic E-state index is 12.5. The van der Waals surface area contributed by atoms with Gasteiger partial charge in [-0.1, -0.05) is 36.8 Å². The fraction of sp³-hybridized carbons (Fsp3) is 0.444. The maximum atomic E-state index is 12.5. The molecule has 0 saturated carbocycles. The van der Waals surface area contributed by atoms with Crippen molar-refractivity contribution >= 4 is 38.7 Å². The van der Waals surface area contributed by atoms with Gasteiger partial charge in [0.1, 0.15) is 16.3 Å². The number of sulfonamides is 1. The molecule has 9 nitrogen and oxygen atoms in total. The van der Waals surface area contributed by atoms with Crippen molar-refractivity contribution in [1.82, 2.24) is 4.47 Å². The molecule has 29 heavy (non-hydrogen) atoms. The highest BCUT2D eigenvalue weighted by Gasteiger charge is 2.31. The monoisotopic (exact) mass is 445 g/mol. The lowest BCUT2D eigenvalue weighted by atomic mass is 9.87. The van der Waals surface area contributed by atoms with Crippen LogP contribution in [0.2, 0.25) is 5.02 Å². The van der Waals surface area contributed by atoms with Gasteiger partial charge in [-0.2, -0.15) is 0 Å². The second-order valence-electron chi connectivity index (χ2n) is 7.64. The van der Waals surface area contributed by atoms with Crippen molar-refractivity contribution in [2.75, 3.05) is 24.8 Å². The number of nitrogens with one attached hydrogen (secondary N) is 2. The van der Waals surface area contributed by atoms with Gasteiger partial charge >= 0.3 is 0 Å². The molecule has 0 aliphatic heterocycles. The van der Waals surface area contributed by atoms with Gasteiger partial charge in [0.05, 0.1) is 17.8 Å². The van der Waals surface area contributed by atoms with Crippen molar-refractivity contribution < 1.29 is 18.4 Å². The van der Waals surface area contributed by atoms with Gasteiger partial charge < -0.3 is 15.7 Å². The van der Waals surface area contributed by atoms with E-state index in [4.69, 9.17) is 16.4 Å². The summed E-state index contributed by atoms with van der Waals surface area (Å²) < 4.78 is 25.6. The molecule has 0 amide bonds. The Labute approximate surface area is 173 Å². The number of nitrogens with zero attached hydrogens (tertiary/aromatic N) is 1. The van der Waals surface area contributed by atoms with Gasteiger partial charge in [-0.3, -0.25) is 14.4 Å². The van der Waals surface area contributed by atoms with E-state index in [0.717, 1.165) is 14.2 Å². The van der Waals surface area contributed by atoms with Crippen molar-refractivity contribution in [3.05, 3.63) is 37.6 Å². The average Bonchev–Trinajstić information content (AvgIpc) is 2.63. The van der Waals surface area contributed by atoms with Crippen LogP contribution >= 0.6 is 11.6 Å². The molecule has 2 rings (SSSR count). The van der Waals surface area contributed by atoms with E-state index in [9.17, 15) is 23.1 Å². The van der Waals surface area contributed by atoms with Gasteiger partial charge in [0.15, 0.2) is 5.75 Å². The Hall–Kier alpha value is -2.14. The third-order valence-electron chi connectivity index (χ3n) is 4.77. The average molecular weight is 446 g/mol. The molecule has 11 heteroatoms. The molecule has 0 bridgehead atoms. The lowest BCUT2D eigenvalue weighted by molar-refractivity contribution is -0.0259. The Morgan fingerprint density at radius 3 is 2.24 bits per heavy atom. The van der Waals surface area contributed by atoms with E-state index in [1.54, 1.807) is 0 Å². The second-order valence-corrected chi connectivity index (χ2v) is 9.92. The zero-order chi connectivity index (χ0) is 22.3. The fourth-order valence-corrected chi connectivity index (χ4v) is 3.90. The van der Waals surface area contributed by atoms with Crippen LogP contribution in [0.15, 0.2) is 26.6 Å². The van der Waals surface area contributed by atoms with E-state index in [2.05, 4.69) is 10.6 Å². The van der Waals surface area contributed by atoms with Crippen LogP contribution in [0.3, 0.4) is 0 Å². The van der Waals surface area contributed by atoms with Crippen molar-refractivity contribution in [2.45, 2.75) is 38.6 Å². The number of anilines is 3. The first-order chi connectivity index (χ1) is 13.2. The van der Waals surface area contributed by atoms with Crippen LogP contribution in [0.1, 0.15) is 27.7 Å². The summed E-state index contributed by atoms with van der Waals surface area (Å²) in [4.78, 5) is 28.2. The van der Waals surface area contributed by atoms with Crippen LogP contribution in [-0.4, -0.2) is 38.2 Å². The number of hydrogen-bond acceptors (Lipinski definition) is 8. The molecule has 1 unspecified atom stereocenters. The minimum Gasteiger partial charge on any atom is -0.504 e. The van der Waals surface area contributed by atoms with Gasteiger partial charge in [-0.15, -0.1) is 0 Å². The summed E-state index contributed by atoms with van der Waals surface area (Å²) in [6, 6.07) is 2.41. The normalized spacial score (nSPS) is 13.7. The molecule has 3 N–H and O–H groups in total. The predicted octanol–water partition coefficient (Wildman–Crippen LogP) is 2.41. The SMILES string of the molecule is CON(C)S(=O)(=O)c1c(Cl)ccc(Nc2c(NC(C)C(C)(C)C)c(=O)c2=O)c1O. The molecule has 160 valence electrons. The van der Waals surface area contributed by atoms with E-state index < -0.39 is 31.5 Å². The molecule has 0 fully saturated rings. The number of halogens is 1. The van der Waals surface area contributed by atoms with E-state index in [1.165, 1.54) is 12.1 Å². The molecule has 0 aliphatic rings. The summed E-state index contributed by atoms with van der Waals surface area (Å²) in [7, 11) is -1.99.